The van der Waals surface area contributed by atoms with E-state index < -0.39 is 5.41 Å². The fourth-order valence-corrected chi connectivity index (χ4v) is 2.55. The Hall–Kier alpha value is -2.21. The first-order valence-electron chi connectivity index (χ1n) is 8.27. The SMILES string of the molecule is CCOC(=C=C(C)C(C#N)(CCN(C)C)c1ccccc1)N(C)C. The highest BCUT2D eigenvalue weighted by Gasteiger charge is 2.34. The molecule has 1 aromatic carbocycles. The lowest BCUT2D eigenvalue weighted by Gasteiger charge is -2.29. The van der Waals surface area contributed by atoms with Gasteiger partial charge in [-0.05, 0) is 52.0 Å². The first kappa shape index (κ1) is 19.8. The molecule has 0 saturated heterocycles. The van der Waals surface area contributed by atoms with Gasteiger partial charge in [-0.15, -0.1) is 0 Å². The van der Waals surface area contributed by atoms with Crippen LogP contribution in [0.1, 0.15) is 25.8 Å². The molecule has 4 heteroatoms. The van der Waals surface area contributed by atoms with Gasteiger partial charge < -0.3 is 14.5 Å². The summed E-state index contributed by atoms with van der Waals surface area (Å²) in [6, 6.07) is 12.5. The molecule has 1 atom stereocenters. The smallest absolute Gasteiger partial charge is 0.235 e. The van der Waals surface area contributed by atoms with Gasteiger partial charge in [-0.2, -0.15) is 5.26 Å². The van der Waals surface area contributed by atoms with Gasteiger partial charge in [0.2, 0.25) is 5.88 Å². The van der Waals surface area contributed by atoms with Crippen molar-refractivity contribution in [1.29, 1.82) is 5.26 Å². The maximum absolute atomic E-state index is 10.1. The third-order valence-electron chi connectivity index (χ3n) is 4.01. The van der Waals surface area contributed by atoms with E-state index in [4.69, 9.17) is 4.74 Å². The van der Waals surface area contributed by atoms with E-state index in [2.05, 4.69) is 16.7 Å². The molecule has 0 aliphatic heterocycles. The van der Waals surface area contributed by atoms with Gasteiger partial charge in [0.25, 0.3) is 0 Å². The Morgan fingerprint density at radius 3 is 2.25 bits per heavy atom. The van der Waals surface area contributed by atoms with Gasteiger partial charge in [0.1, 0.15) is 5.41 Å². The van der Waals surface area contributed by atoms with Gasteiger partial charge in [0.15, 0.2) is 0 Å². The van der Waals surface area contributed by atoms with Crippen molar-refractivity contribution in [2.24, 2.45) is 0 Å². The fourth-order valence-electron chi connectivity index (χ4n) is 2.55. The van der Waals surface area contributed by atoms with E-state index in [1.54, 1.807) is 0 Å². The number of rotatable bonds is 8. The quantitative estimate of drug-likeness (QED) is 0.542. The zero-order chi connectivity index (χ0) is 18.2. The minimum Gasteiger partial charge on any atom is -0.474 e. The second kappa shape index (κ2) is 9.17. The summed E-state index contributed by atoms with van der Waals surface area (Å²) in [4.78, 5) is 3.98. The third-order valence-corrected chi connectivity index (χ3v) is 4.01. The van der Waals surface area contributed by atoms with E-state index in [9.17, 15) is 5.26 Å². The second-order valence-corrected chi connectivity index (χ2v) is 6.32. The highest BCUT2D eigenvalue weighted by atomic mass is 16.5. The van der Waals surface area contributed by atoms with Gasteiger partial charge in [0.05, 0.1) is 12.7 Å². The number of nitrogens with zero attached hydrogens (tertiary/aromatic N) is 3. The van der Waals surface area contributed by atoms with Crippen molar-refractivity contribution in [3.05, 3.63) is 53.1 Å². The van der Waals surface area contributed by atoms with Crippen molar-refractivity contribution >= 4 is 0 Å². The van der Waals surface area contributed by atoms with Crippen LogP contribution in [0.5, 0.6) is 0 Å². The maximum atomic E-state index is 10.1. The lowest BCUT2D eigenvalue weighted by molar-refractivity contribution is 0.153. The molecule has 0 N–H and O–H groups in total. The Morgan fingerprint density at radius 1 is 1.17 bits per heavy atom. The molecular weight excluding hydrogens is 298 g/mol. The molecule has 0 aliphatic rings. The van der Waals surface area contributed by atoms with Gasteiger partial charge in [-0.3, -0.25) is 0 Å². The highest BCUT2D eigenvalue weighted by molar-refractivity contribution is 5.43. The fraction of sp³-hybridized carbons (Fsp3) is 0.500. The normalized spacial score (nSPS) is 12.8. The van der Waals surface area contributed by atoms with E-state index in [1.807, 2.05) is 77.3 Å². The second-order valence-electron chi connectivity index (χ2n) is 6.32. The summed E-state index contributed by atoms with van der Waals surface area (Å²) < 4.78 is 5.67. The maximum Gasteiger partial charge on any atom is 0.235 e. The summed E-state index contributed by atoms with van der Waals surface area (Å²) in [6.45, 7) is 5.29. The molecule has 0 amide bonds. The van der Waals surface area contributed by atoms with E-state index >= 15 is 0 Å². The van der Waals surface area contributed by atoms with E-state index in [1.165, 1.54) is 0 Å². The van der Waals surface area contributed by atoms with Gasteiger partial charge >= 0.3 is 0 Å². The largest absolute Gasteiger partial charge is 0.474 e. The first-order chi connectivity index (χ1) is 11.4. The van der Waals surface area contributed by atoms with Crippen molar-refractivity contribution in [3.63, 3.8) is 0 Å². The number of nitriles is 1. The van der Waals surface area contributed by atoms with Crippen LogP contribution in [0.15, 0.2) is 47.5 Å². The third kappa shape index (κ3) is 4.89. The minimum atomic E-state index is -0.718. The lowest BCUT2D eigenvalue weighted by Crippen LogP contribution is -2.30. The van der Waals surface area contributed by atoms with Gasteiger partial charge in [-0.25, -0.2) is 0 Å². The van der Waals surface area contributed by atoms with Gasteiger partial charge in [0, 0.05) is 14.1 Å². The summed E-state index contributed by atoms with van der Waals surface area (Å²) in [5.41, 5.74) is 4.47. The molecule has 0 saturated carbocycles. The van der Waals surface area contributed by atoms with E-state index in [0.29, 0.717) is 18.9 Å². The summed E-state index contributed by atoms with van der Waals surface area (Å²) in [5.74, 6) is 0.649. The highest BCUT2D eigenvalue weighted by Crippen LogP contribution is 2.35. The molecule has 1 unspecified atom stereocenters. The van der Waals surface area contributed by atoms with Crippen molar-refractivity contribution in [1.82, 2.24) is 9.80 Å². The molecule has 0 fully saturated rings. The molecule has 1 rings (SSSR count). The first-order valence-corrected chi connectivity index (χ1v) is 8.27. The van der Waals surface area contributed by atoms with Crippen molar-refractivity contribution in [3.8, 4) is 6.07 Å². The standard InChI is InChI=1S/C20H29N3O/c1-7-24-19(23(5)6)15-17(2)20(16-21,13-14-22(3)4)18-11-9-8-10-12-18/h8-12H,7,13-14H2,1-6H3. The van der Waals surface area contributed by atoms with Crippen LogP contribution < -0.4 is 0 Å². The minimum absolute atomic E-state index is 0.566. The van der Waals surface area contributed by atoms with Crippen LogP contribution in [-0.2, 0) is 10.2 Å². The number of ether oxygens (including phenoxy) is 1. The van der Waals surface area contributed by atoms with Crippen LogP contribution in [0.25, 0.3) is 0 Å². The molecular formula is C20H29N3O. The zero-order valence-electron chi connectivity index (χ0n) is 15.8. The Labute approximate surface area is 146 Å². The Morgan fingerprint density at radius 2 is 1.79 bits per heavy atom. The molecule has 130 valence electrons. The van der Waals surface area contributed by atoms with E-state index in [0.717, 1.165) is 17.7 Å². The molecule has 0 heterocycles. The van der Waals surface area contributed by atoms with Crippen LogP contribution in [0.2, 0.25) is 0 Å². The Balaban J connectivity index is 3.51. The zero-order valence-corrected chi connectivity index (χ0v) is 15.8. The number of benzene rings is 1. The van der Waals surface area contributed by atoms with Gasteiger partial charge in [-0.1, -0.05) is 36.1 Å². The summed E-state index contributed by atoms with van der Waals surface area (Å²) >= 11 is 0. The lowest BCUT2D eigenvalue weighted by atomic mass is 9.73. The summed E-state index contributed by atoms with van der Waals surface area (Å²) in [6.07, 6.45) is 0.701. The molecule has 0 bridgehead atoms. The monoisotopic (exact) mass is 327 g/mol. The molecule has 24 heavy (non-hydrogen) atoms. The van der Waals surface area contributed by atoms with Crippen LogP contribution in [-0.4, -0.2) is 51.1 Å². The molecule has 0 aromatic heterocycles. The molecule has 1 aromatic rings. The van der Waals surface area contributed by atoms with Crippen molar-refractivity contribution in [2.75, 3.05) is 41.3 Å². The Bertz CT molecular complexity index is 622. The molecule has 0 radical (unpaired) electrons. The average Bonchev–Trinajstić information content (AvgIpc) is 2.56. The predicted octanol–water partition coefficient (Wildman–Crippen LogP) is 3.38. The van der Waals surface area contributed by atoms with Crippen LogP contribution in [0.4, 0.5) is 0 Å². The van der Waals surface area contributed by atoms with Crippen LogP contribution >= 0.6 is 0 Å². The number of allylic oxidation sites excluding steroid dienone is 1. The predicted molar refractivity (Wildman–Crippen MR) is 98.4 cm³/mol. The molecule has 4 nitrogen and oxygen atoms in total. The topological polar surface area (TPSA) is 39.5 Å². The summed E-state index contributed by atoms with van der Waals surface area (Å²) in [5, 5.41) is 10.1. The Kier molecular flexibility index (Phi) is 7.58. The average molecular weight is 327 g/mol. The molecule has 0 aliphatic carbocycles. The van der Waals surface area contributed by atoms with Crippen molar-refractivity contribution in [2.45, 2.75) is 25.7 Å². The van der Waals surface area contributed by atoms with Crippen molar-refractivity contribution < 1.29 is 4.74 Å². The molecule has 0 spiro atoms. The summed E-state index contributed by atoms with van der Waals surface area (Å²) in [7, 11) is 7.88. The van der Waals surface area contributed by atoms with E-state index in [-0.39, 0.29) is 0 Å². The van der Waals surface area contributed by atoms with Crippen LogP contribution in [0.3, 0.4) is 0 Å². The number of hydrogen-bond acceptors (Lipinski definition) is 4. The number of hydrogen-bond donors (Lipinski definition) is 0. The van der Waals surface area contributed by atoms with Crippen LogP contribution in [0, 0.1) is 11.3 Å².